The van der Waals surface area contributed by atoms with Gasteiger partial charge in [0.2, 0.25) is 5.91 Å². The molecule has 0 aromatic carbocycles. The molecule has 2 atom stereocenters. The molecular formula is C20H23N5O3S. The van der Waals surface area contributed by atoms with Crippen LogP contribution in [0, 0.1) is 0 Å². The lowest BCUT2D eigenvalue weighted by atomic mass is 10.1. The molecule has 1 saturated heterocycles. The van der Waals surface area contributed by atoms with Gasteiger partial charge in [0, 0.05) is 36.7 Å². The fourth-order valence-electron chi connectivity index (χ4n) is 4.39. The van der Waals surface area contributed by atoms with Crippen molar-refractivity contribution in [1.29, 1.82) is 0 Å². The topological polar surface area (TPSA) is 90.2 Å². The number of hydrogen-bond acceptors (Lipinski definition) is 7. The van der Waals surface area contributed by atoms with E-state index in [0.717, 1.165) is 60.8 Å². The Labute approximate surface area is 172 Å². The third kappa shape index (κ3) is 3.63. The number of piperidine rings is 1. The Kier molecular flexibility index (Phi) is 4.99. The molecule has 2 aliphatic heterocycles. The van der Waals surface area contributed by atoms with Gasteiger partial charge in [-0.2, -0.15) is 0 Å². The number of nitrogens with zero attached hydrogens (tertiary/aromatic N) is 5. The van der Waals surface area contributed by atoms with Gasteiger partial charge in [-0.15, -0.1) is 0 Å². The van der Waals surface area contributed by atoms with Crippen LogP contribution in [0.1, 0.15) is 43.0 Å². The minimum atomic E-state index is -0.118. The molecule has 8 nitrogen and oxygen atoms in total. The molecule has 0 radical (unpaired) electrons. The summed E-state index contributed by atoms with van der Waals surface area (Å²) >= 11 is 1.59. The molecule has 2 aromatic heterocycles. The van der Waals surface area contributed by atoms with Crippen LogP contribution in [0.4, 0.5) is 0 Å². The molecule has 1 aliphatic carbocycles. The number of amides is 1. The first kappa shape index (κ1) is 18.6. The molecule has 29 heavy (non-hydrogen) atoms. The lowest BCUT2D eigenvalue weighted by molar-refractivity contribution is -0.134. The Bertz CT molecular complexity index is 980. The molecule has 5 rings (SSSR count). The summed E-state index contributed by atoms with van der Waals surface area (Å²) in [6.45, 7) is 1.25. The summed E-state index contributed by atoms with van der Waals surface area (Å²) in [7, 11) is 0. The predicted molar refractivity (Wildman–Crippen MR) is 107 cm³/mol. The minimum absolute atomic E-state index is 0.0615. The third-order valence-corrected chi connectivity index (χ3v) is 6.93. The van der Waals surface area contributed by atoms with Crippen molar-refractivity contribution in [3.63, 3.8) is 0 Å². The van der Waals surface area contributed by atoms with E-state index in [1.165, 1.54) is 0 Å². The second kappa shape index (κ2) is 7.78. The Hall–Kier alpha value is -2.42. The smallest absolute Gasteiger partial charge is 0.316 e. The number of rotatable bonds is 4. The lowest BCUT2D eigenvalue weighted by Gasteiger charge is -2.33. The van der Waals surface area contributed by atoms with Crippen molar-refractivity contribution in [3.05, 3.63) is 40.1 Å². The number of thioether (sulfide) groups is 1. The van der Waals surface area contributed by atoms with Crippen molar-refractivity contribution in [3.8, 4) is 6.01 Å². The van der Waals surface area contributed by atoms with Crippen LogP contribution in [0.15, 0.2) is 28.4 Å². The first-order valence-corrected chi connectivity index (χ1v) is 11.2. The van der Waals surface area contributed by atoms with E-state index in [4.69, 9.17) is 9.72 Å². The van der Waals surface area contributed by atoms with E-state index in [-0.39, 0.29) is 23.6 Å². The van der Waals surface area contributed by atoms with E-state index in [0.29, 0.717) is 19.0 Å². The summed E-state index contributed by atoms with van der Waals surface area (Å²) in [6, 6.07) is 1.97. The first-order valence-electron chi connectivity index (χ1n) is 10.2. The summed E-state index contributed by atoms with van der Waals surface area (Å²) < 4.78 is 7.61. The maximum atomic E-state index is 13.0. The molecule has 0 saturated carbocycles. The number of aromatic nitrogens is 4. The maximum Gasteiger partial charge on any atom is 0.316 e. The lowest BCUT2D eigenvalue weighted by Crippen LogP contribution is -2.45. The van der Waals surface area contributed by atoms with Crippen LogP contribution in [0.5, 0.6) is 6.01 Å². The van der Waals surface area contributed by atoms with E-state index < -0.39 is 0 Å². The van der Waals surface area contributed by atoms with Gasteiger partial charge < -0.3 is 9.64 Å². The first-order chi connectivity index (χ1) is 14.2. The second-order valence-corrected chi connectivity index (χ2v) is 8.76. The van der Waals surface area contributed by atoms with Crippen molar-refractivity contribution in [2.75, 3.05) is 18.8 Å². The fraction of sp³-hybridized carbons (Fsp3) is 0.550. The van der Waals surface area contributed by atoms with E-state index in [1.54, 1.807) is 34.8 Å². The number of carbonyl (C=O) groups is 1. The molecule has 0 N–H and O–H groups in total. The van der Waals surface area contributed by atoms with Gasteiger partial charge in [0.25, 0.3) is 5.56 Å². The van der Waals surface area contributed by atoms with Crippen molar-refractivity contribution < 1.29 is 9.53 Å². The van der Waals surface area contributed by atoms with Crippen LogP contribution in [-0.4, -0.2) is 55.3 Å². The van der Waals surface area contributed by atoms with Gasteiger partial charge in [0.05, 0.1) is 18.3 Å². The summed E-state index contributed by atoms with van der Waals surface area (Å²) in [4.78, 5) is 40.7. The number of hydrogen-bond donors (Lipinski definition) is 0. The molecule has 152 valence electrons. The zero-order chi connectivity index (χ0) is 19.8. The van der Waals surface area contributed by atoms with E-state index in [1.807, 2.05) is 4.90 Å². The SMILES string of the molecule is O=C(CC1CSc2nc3c(c(=O)n21)CCC3)N1CCCC(Oc2ncccn2)C1. The van der Waals surface area contributed by atoms with Gasteiger partial charge in [-0.3, -0.25) is 14.2 Å². The predicted octanol–water partition coefficient (Wildman–Crippen LogP) is 1.63. The monoisotopic (exact) mass is 413 g/mol. The Morgan fingerprint density at radius 1 is 1.24 bits per heavy atom. The van der Waals surface area contributed by atoms with Gasteiger partial charge in [0.1, 0.15) is 6.10 Å². The van der Waals surface area contributed by atoms with Crippen LogP contribution >= 0.6 is 11.8 Å². The zero-order valence-electron chi connectivity index (χ0n) is 16.1. The van der Waals surface area contributed by atoms with E-state index >= 15 is 0 Å². The Morgan fingerprint density at radius 3 is 2.97 bits per heavy atom. The van der Waals surface area contributed by atoms with Crippen molar-refractivity contribution in [1.82, 2.24) is 24.4 Å². The highest BCUT2D eigenvalue weighted by Gasteiger charge is 2.33. The van der Waals surface area contributed by atoms with E-state index in [9.17, 15) is 9.59 Å². The summed E-state index contributed by atoms with van der Waals surface area (Å²) in [5.74, 6) is 0.792. The summed E-state index contributed by atoms with van der Waals surface area (Å²) in [6.07, 6.45) is 7.96. The van der Waals surface area contributed by atoms with Crippen molar-refractivity contribution in [2.45, 2.75) is 55.8 Å². The largest absolute Gasteiger partial charge is 0.458 e. The zero-order valence-corrected chi connectivity index (χ0v) is 16.9. The number of ether oxygens (including phenoxy) is 1. The molecular weight excluding hydrogens is 390 g/mol. The van der Waals surface area contributed by atoms with Gasteiger partial charge in [-0.25, -0.2) is 15.0 Å². The Morgan fingerprint density at radius 2 is 2.10 bits per heavy atom. The molecule has 0 spiro atoms. The number of fused-ring (bicyclic) bond motifs is 2. The van der Waals surface area contributed by atoms with Crippen LogP contribution in [0.25, 0.3) is 0 Å². The Balaban J connectivity index is 1.26. The molecule has 1 amide bonds. The minimum Gasteiger partial charge on any atom is -0.458 e. The third-order valence-electron chi connectivity index (χ3n) is 5.83. The molecule has 1 fully saturated rings. The highest BCUT2D eigenvalue weighted by molar-refractivity contribution is 7.99. The molecule has 9 heteroatoms. The van der Waals surface area contributed by atoms with Crippen LogP contribution < -0.4 is 10.3 Å². The fourth-order valence-corrected chi connectivity index (χ4v) is 5.54. The van der Waals surface area contributed by atoms with Gasteiger partial charge in [-0.05, 0) is 38.2 Å². The molecule has 2 unspecified atom stereocenters. The second-order valence-electron chi connectivity index (χ2n) is 7.77. The van der Waals surface area contributed by atoms with E-state index in [2.05, 4.69) is 9.97 Å². The molecule has 4 heterocycles. The van der Waals surface area contributed by atoms with Crippen LogP contribution in [0.2, 0.25) is 0 Å². The molecule has 0 bridgehead atoms. The summed E-state index contributed by atoms with van der Waals surface area (Å²) in [5, 5.41) is 0.773. The standard InChI is InChI=1S/C20H23N5O3S/c26-17(24-9-2-4-14(11-24)28-19-21-7-3-8-22-19)10-13-12-29-20-23-16-6-1-5-15(16)18(27)25(13)20/h3,7-8,13-14H,1-2,4-6,9-12H2. The average Bonchev–Trinajstić information content (AvgIpc) is 3.37. The van der Waals surface area contributed by atoms with Crippen LogP contribution in [0.3, 0.4) is 0 Å². The number of carbonyl (C=O) groups excluding carboxylic acids is 1. The number of aryl methyl sites for hydroxylation is 1. The summed E-state index contributed by atoms with van der Waals surface area (Å²) in [5.41, 5.74) is 1.87. The highest BCUT2D eigenvalue weighted by Crippen LogP contribution is 2.34. The van der Waals surface area contributed by atoms with Gasteiger partial charge in [-0.1, -0.05) is 11.8 Å². The molecule has 2 aromatic rings. The maximum absolute atomic E-state index is 13.0. The van der Waals surface area contributed by atoms with Crippen molar-refractivity contribution in [2.24, 2.45) is 0 Å². The number of likely N-dealkylation sites (tertiary alicyclic amines) is 1. The van der Waals surface area contributed by atoms with Gasteiger partial charge >= 0.3 is 6.01 Å². The molecule has 3 aliphatic rings. The van der Waals surface area contributed by atoms with Crippen molar-refractivity contribution >= 4 is 17.7 Å². The quantitative estimate of drug-likeness (QED) is 0.704. The van der Waals surface area contributed by atoms with Crippen LogP contribution in [-0.2, 0) is 17.6 Å². The highest BCUT2D eigenvalue weighted by atomic mass is 32.2. The normalized spacial score (nSPS) is 23.0. The average molecular weight is 414 g/mol. The van der Waals surface area contributed by atoms with Gasteiger partial charge in [0.15, 0.2) is 5.16 Å².